The number of aliphatic hydroxyl groups is 1. The van der Waals surface area contributed by atoms with E-state index >= 15 is 0 Å². The lowest BCUT2D eigenvalue weighted by Crippen LogP contribution is -2.36. The van der Waals surface area contributed by atoms with Crippen molar-refractivity contribution in [3.63, 3.8) is 0 Å². The molecule has 0 aromatic heterocycles. The number of amides is 1. The van der Waals surface area contributed by atoms with Crippen LogP contribution < -0.4 is 11.1 Å². The molecule has 1 aromatic rings. The smallest absolute Gasteiger partial charge is 0.220 e. The van der Waals surface area contributed by atoms with E-state index in [-0.39, 0.29) is 12.5 Å². The molecule has 1 saturated carbocycles. The largest absolute Gasteiger partial charge is 0.399 e. The fraction of sp³-hybridized carbons (Fsp3) is 0.562. The van der Waals surface area contributed by atoms with Gasteiger partial charge in [0, 0.05) is 25.3 Å². The zero-order valence-corrected chi connectivity index (χ0v) is 12.4. The Morgan fingerprint density at radius 1 is 1.43 bits per heavy atom. The number of hydrogen-bond donors (Lipinski definition) is 3. The number of carbonyl (C=O) groups is 1. The second-order valence-electron chi connectivity index (χ2n) is 5.61. The van der Waals surface area contributed by atoms with Gasteiger partial charge in [-0.25, -0.2) is 0 Å². The molecule has 1 amide bonds. The van der Waals surface area contributed by atoms with Crippen LogP contribution in [0.25, 0.3) is 0 Å². The second kappa shape index (κ2) is 7.43. The Labute approximate surface area is 125 Å². The van der Waals surface area contributed by atoms with E-state index in [1.165, 1.54) is 0 Å². The molecule has 1 fully saturated rings. The van der Waals surface area contributed by atoms with E-state index in [2.05, 4.69) is 5.32 Å². The van der Waals surface area contributed by atoms with Crippen molar-refractivity contribution in [3.05, 3.63) is 29.8 Å². The molecular weight excluding hydrogens is 268 g/mol. The summed E-state index contributed by atoms with van der Waals surface area (Å²) in [6.45, 7) is 2.94. The Balaban J connectivity index is 1.66. The minimum Gasteiger partial charge on any atom is -0.399 e. The molecule has 0 saturated heterocycles. The summed E-state index contributed by atoms with van der Waals surface area (Å²) in [7, 11) is 0. The summed E-state index contributed by atoms with van der Waals surface area (Å²) in [6, 6.07) is 7.01. The van der Waals surface area contributed by atoms with Crippen LogP contribution in [0, 0.1) is 5.92 Å². The normalized spacial score (nSPS) is 22.4. The Kier molecular flexibility index (Phi) is 5.59. The number of anilines is 1. The van der Waals surface area contributed by atoms with Crippen molar-refractivity contribution in [3.8, 4) is 0 Å². The summed E-state index contributed by atoms with van der Waals surface area (Å²) in [6.07, 6.45) is 2.06. The Morgan fingerprint density at radius 3 is 2.71 bits per heavy atom. The van der Waals surface area contributed by atoms with E-state index in [1.807, 2.05) is 6.92 Å². The third-order valence-electron chi connectivity index (χ3n) is 3.88. The summed E-state index contributed by atoms with van der Waals surface area (Å²) >= 11 is 0. The van der Waals surface area contributed by atoms with E-state index in [1.54, 1.807) is 24.3 Å². The van der Waals surface area contributed by atoms with E-state index in [4.69, 9.17) is 10.5 Å². The highest BCUT2D eigenvalue weighted by Crippen LogP contribution is 2.32. The molecule has 1 aromatic carbocycles. The number of carbonyl (C=O) groups excluding carboxylic acids is 1. The molecule has 0 aliphatic heterocycles. The van der Waals surface area contributed by atoms with Gasteiger partial charge in [-0.1, -0.05) is 12.1 Å². The standard InChI is InChI=1S/C16H24N2O3/c1-2-21-14-7-11(8-14)9-16(20)18-10-15(19)12-3-5-13(17)6-4-12/h3-6,11,14-15,19H,2,7-10,17H2,1H3,(H,18,20). The second-order valence-corrected chi connectivity index (χ2v) is 5.61. The van der Waals surface area contributed by atoms with Crippen LogP contribution in [-0.2, 0) is 9.53 Å². The predicted octanol–water partition coefficient (Wildman–Crippen LogP) is 1.62. The van der Waals surface area contributed by atoms with Gasteiger partial charge in [0.1, 0.15) is 0 Å². The highest BCUT2D eigenvalue weighted by atomic mass is 16.5. The van der Waals surface area contributed by atoms with Crippen LogP contribution in [0.4, 0.5) is 5.69 Å². The van der Waals surface area contributed by atoms with Gasteiger partial charge in [0.25, 0.3) is 0 Å². The molecule has 4 N–H and O–H groups in total. The van der Waals surface area contributed by atoms with Crippen molar-refractivity contribution in [2.45, 2.75) is 38.4 Å². The van der Waals surface area contributed by atoms with Crippen molar-refractivity contribution >= 4 is 11.6 Å². The highest BCUT2D eigenvalue weighted by molar-refractivity contribution is 5.76. The average molecular weight is 292 g/mol. The maximum atomic E-state index is 11.8. The SMILES string of the molecule is CCOC1CC(CC(=O)NCC(O)c2ccc(N)cc2)C1. The van der Waals surface area contributed by atoms with Gasteiger partial charge in [0.2, 0.25) is 5.91 Å². The molecule has 0 spiro atoms. The lowest BCUT2D eigenvalue weighted by molar-refractivity contribution is -0.124. The number of benzene rings is 1. The van der Waals surface area contributed by atoms with Crippen LogP contribution in [0.5, 0.6) is 0 Å². The van der Waals surface area contributed by atoms with Crippen LogP contribution in [-0.4, -0.2) is 30.3 Å². The summed E-state index contributed by atoms with van der Waals surface area (Å²) in [4.78, 5) is 11.8. The molecule has 1 atom stereocenters. The molecule has 5 nitrogen and oxygen atoms in total. The van der Waals surface area contributed by atoms with Gasteiger partial charge in [-0.15, -0.1) is 0 Å². The van der Waals surface area contributed by atoms with Crippen LogP contribution in [0.15, 0.2) is 24.3 Å². The summed E-state index contributed by atoms with van der Waals surface area (Å²) in [5.41, 5.74) is 7.01. The molecule has 5 heteroatoms. The number of nitrogens with two attached hydrogens (primary N) is 1. The van der Waals surface area contributed by atoms with Crippen molar-refractivity contribution in [2.24, 2.45) is 5.92 Å². The quantitative estimate of drug-likeness (QED) is 0.667. The van der Waals surface area contributed by atoms with Gasteiger partial charge in [-0.3, -0.25) is 4.79 Å². The van der Waals surface area contributed by atoms with Crippen molar-refractivity contribution in [2.75, 3.05) is 18.9 Å². The van der Waals surface area contributed by atoms with Crippen LogP contribution >= 0.6 is 0 Å². The zero-order chi connectivity index (χ0) is 15.2. The first-order valence-electron chi connectivity index (χ1n) is 7.50. The maximum absolute atomic E-state index is 11.8. The molecule has 1 unspecified atom stereocenters. The third kappa shape index (κ3) is 4.72. The number of aliphatic hydroxyl groups excluding tert-OH is 1. The number of nitrogens with one attached hydrogen (secondary N) is 1. The highest BCUT2D eigenvalue weighted by Gasteiger charge is 2.31. The molecule has 21 heavy (non-hydrogen) atoms. The lowest BCUT2D eigenvalue weighted by atomic mass is 9.80. The molecular formula is C16H24N2O3. The molecule has 0 radical (unpaired) electrons. The fourth-order valence-electron chi connectivity index (χ4n) is 2.59. The van der Waals surface area contributed by atoms with Gasteiger partial charge >= 0.3 is 0 Å². The molecule has 0 bridgehead atoms. The van der Waals surface area contributed by atoms with Crippen LogP contribution in [0.2, 0.25) is 0 Å². The van der Waals surface area contributed by atoms with E-state index in [0.717, 1.165) is 25.0 Å². The number of nitrogen functional groups attached to an aromatic ring is 1. The number of ether oxygens (including phenoxy) is 1. The van der Waals surface area contributed by atoms with E-state index in [0.29, 0.717) is 24.1 Å². The first kappa shape index (κ1) is 15.8. The van der Waals surface area contributed by atoms with Crippen molar-refractivity contribution in [1.29, 1.82) is 0 Å². The minimum absolute atomic E-state index is 0.00977. The van der Waals surface area contributed by atoms with Crippen LogP contribution in [0.1, 0.15) is 37.9 Å². The molecule has 1 aliphatic carbocycles. The van der Waals surface area contributed by atoms with Gasteiger partial charge in [0.15, 0.2) is 0 Å². The summed E-state index contributed by atoms with van der Waals surface area (Å²) < 4.78 is 5.47. The molecule has 1 aliphatic rings. The minimum atomic E-state index is -0.702. The van der Waals surface area contributed by atoms with Gasteiger partial charge in [-0.2, -0.15) is 0 Å². The Bertz CT molecular complexity index is 455. The zero-order valence-electron chi connectivity index (χ0n) is 12.4. The maximum Gasteiger partial charge on any atom is 0.220 e. The first-order chi connectivity index (χ1) is 10.1. The molecule has 0 heterocycles. The average Bonchev–Trinajstić information content (AvgIpc) is 2.43. The van der Waals surface area contributed by atoms with Gasteiger partial charge in [0.05, 0.1) is 12.2 Å². The van der Waals surface area contributed by atoms with E-state index < -0.39 is 6.10 Å². The summed E-state index contributed by atoms with van der Waals surface area (Å²) in [5.74, 6) is 0.402. The third-order valence-corrected chi connectivity index (χ3v) is 3.88. The topological polar surface area (TPSA) is 84.6 Å². The number of hydrogen-bond acceptors (Lipinski definition) is 4. The van der Waals surface area contributed by atoms with Gasteiger partial charge < -0.3 is 20.9 Å². The number of rotatable bonds is 7. The van der Waals surface area contributed by atoms with Crippen LogP contribution in [0.3, 0.4) is 0 Å². The fourth-order valence-corrected chi connectivity index (χ4v) is 2.59. The lowest BCUT2D eigenvalue weighted by Gasteiger charge is -2.34. The first-order valence-corrected chi connectivity index (χ1v) is 7.50. The Hall–Kier alpha value is -1.59. The summed E-state index contributed by atoms with van der Waals surface area (Å²) in [5, 5.41) is 12.8. The van der Waals surface area contributed by atoms with E-state index in [9.17, 15) is 9.90 Å². The molecule has 2 rings (SSSR count). The predicted molar refractivity (Wildman–Crippen MR) is 81.6 cm³/mol. The molecule has 116 valence electrons. The van der Waals surface area contributed by atoms with Crippen molar-refractivity contribution < 1.29 is 14.6 Å². The Morgan fingerprint density at radius 2 is 2.10 bits per heavy atom. The van der Waals surface area contributed by atoms with Crippen molar-refractivity contribution in [1.82, 2.24) is 5.32 Å². The van der Waals surface area contributed by atoms with Gasteiger partial charge in [-0.05, 0) is 43.4 Å². The monoisotopic (exact) mass is 292 g/mol.